The van der Waals surface area contributed by atoms with Crippen molar-refractivity contribution in [3.05, 3.63) is 397 Å². The Balaban J connectivity index is 0.000000125. The topological polar surface area (TPSA) is 126 Å². The summed E-state index contributed by atoms with van der Waals surface area (Å²) in [7, 11) is 0. The summed E-state index contributed by atoms with van der Waals surface area (Å²) in [5.41, 5.74) is 27.9. The molecule has 140 heavy (non-hydrogen) atoms. The van der Waals surface area contributed by atoms with E-state index >= 15 is 0 Å². The molecule has 18 aromatic rings. The van der Waals surface area contributed by atoms with E-state index in [2.05, 4.69) is 290 Å². The first kappa shape index (κ1) is 92.2. The van der Waals surface area contributed by atoms with Gasteiger partial charge < -0.3 is 14.7 Å². The van der Waals surface area contributed by atoms with E-state index in [1.54, 1.807) is 0 Å². The smallest absolute Gasteiger partial charge is 0.164 e. The van der Waals surface area contributed by atoms with Crippen molar-refractivity contribution >= 4 is 86.5 Å². The Hall–Kier alpha value is -14.2. The number of benzene rings is 15. The first-order valence-corrected chi connectivity index (χ1v) is 51.9. The lowest BCUT2D eigenvalue weighted by Gasteiger charge is -2.35. The first-order valence-electron chi connectivity index (χ1n) is 49.5. The summed E-state index contributed by atoms with van der Waals surface area (Å²) in [6, 6.07) is 129. The summed E-state index contributed by atoms with van der Waals surface area (Å²) in [5, 5.41) is 0. The molecule has 0 saturated heterocycles. The minimum absolute atomic E-state index is 0.0668. The van der Waals surface area contributed by atoms with Crippen LogP contribution in [0.15, 0.2) is 393 Å². The zero-order valence-electron chi connectivity index (χ0n) is 81.1. The van der Waals surface area contributed by atoms with Gasteiger partial charge in [0.1, 0.15) is 0 Å². The normalized spacial score (nSPS) is 14.0. The van der Waals surface area contributed by atoms with Crippen LogP contribution in [-0.2, 0) is 10.8 Å². The molecule has 3 aliphatic heterocycles. The molecule has 0 bridgehead atoms. The Morgan fingerprint density at radius 3 is 0.657 bits per heavy atom. The summed E-state index contributed by atoms with van der Waals surface area (Å²) in [4.78, 5) is 59.4. The van der Waals surface area contributed by atoms with Crippen LogP contribution in [0, 0.1) is 0 Å². The van der Waals surface area contributed by atoms with Gasteiger partial charge in [0.05, 0.1) is 34.1 Å². The maximum atomic E-state index is 4.98. The number of anilines is 9. The highest BCUT2D eigenvalue weighted by atomic mass is 32.2. The van der Waals surface area contributed by atoms with Gasteiger partial charge in [-0.05, 0) is 239 Å². The standard InChI is InChI=1S/C45H42N4S.C41H38N4S.C39H34N4S/c1-5-13-31(14-6-1)36-23-27-39-41(29-36)50-42-30-37(32-15-7-2-8-16-32)24-28-40(42)49(39)38-25-21-35(22-26-38)45-47-43(33-17-9-3-10-18-33)46-44(48-45)34-19-11-4-12-20-34;1-40(2,3)30-19-23-33-35(25-30)46-36-26-31(41(4,5)6)20-24-34(36)45(33)32-21-17-29(18-22-32)39-43-37(27-13-9-7-10-14-27)42-38(44-39)28-15-11-8-12-16-28;1-25(2)30-17-21-33-35(23-30)44-36-24-31(26(3)4)18-22-34(36)43(33)32-19-15-29(16-20-32)39-41-37(27-11-7-5-8-12-27)40-38(42-39)28-13-9-6-10-14-28/h3-4,9-12,17-32H,1-2,5-8,13-16H2;7-26H,1-6H3;5-26H,1-4H3. The van der Waals surface area contributed by atoms with Gasteiger partial charge in [0.15, 0.2) is 52.4 Å². The fraction of sp³-hybridized carbons (Fsp3) is 0.208. The van der Waals surface area contributed by atoms with E-state index in [1.807, 2.05) is 193 Å². The van der Waals surface area contributed by atoms with Crippen molar-refractivity contribution in [1.82, 2.24) is 44.9 Å². The molecule has 15 heteroatoms. The summed E-state index contributed by atoms with van der Waals surface area (Å²) in [6.45, 7) is 22.7. The van der Waals surface area contributed by atoms with Gasteiger partial charge >= 0.3 is 0 Å². The average Bonchev–Trinajstić information content (AvgIpc) is 0.751. The number of hydrogen-bond donors (Lipinski definition) is 0. The molecule has 0 radical (unpaired) electrons. The highest BCUT2D eigenvalue weighted by molar-refractivity contribution is 8.00. The molecule has 12 nitrogen and oxygen atoms in total. The van der Waals surface area contributed by atoms with Crippen molar-refractivity contribution in [2.75, 3.05) is 14.7 Å². The minimum Gasteiger partial charge on any atom is -0.308 e. The van der Waals surface area contributed by atoms with Gasteiger partial charge in [-0.3, -0.25) is 0 Å². The first-order chi connectivity index (χ1) is 68.2. The Kier molecular flexibility index (Phi) is 26.5. The SMILES string of the molecule is CC(C)(C)c1ccc2c(c1)Sc1cc(C(C)(C)C)ccc1N2c1ccc(-c2nc(-c3ccccc3)nc(-c3ccccc3)n2)cc1.CC(C)c1ccc2c(c1)Sc1cc(C(C)C)ccc1N2c1ccc(-c2nc(-c3ccccc3)nc(-c3ccccc3)n2)cc1.c1ccc(-c2nc(-c3ccccc3)nc(-c3ccc(N4c5ccc(C6CCCCC6)cc5Sc5cc(C6CCCCC6)ccc54)cc3)n2)cc1. The van der Waals surface area contributed by atoms with Gasteiger partial charge in [0.25, 0.3) is 0 Å². The second-order valence-electron chi connectivity index (χ2n) is 39.8. The zero-order valence-corrected chi connectivity index (χ0v) is 83.6. The molecule has 15 aromatic carbocycles. The summed E-state index contributed by atoms with van der Waals surface area (Å²) in [6.07, 6.45) is 13.4. The molecule has 2 aliphatic carbocycles. The number of nitrogens with zero attached hydrogens (tertiary/aromatic N) is 12. The number of hydrogen-bond acceptors (Lipinski definition) is 15. The van der Waals surface area contributed by atoms with Crippen molar-refractivity contribution in [3.8, 4) is 102 Å². The third-order valence-corrected chi connectivity index (χ3v) is 30.7. The van der Waals surface area contributed by atoms with Crippen molar-refractivity contribution in [3.63, 3.8) is 0 Å². The number of fused-ring (bicyclic) bond motifs is 6. The van der Waals surface area contributed by atoms with Gasteiger partial charge in [-0.25, -0.2) is 44.9 Å². The lowest BCUT2D eigenvalue weighted by Crippen LogP contribution is -2.18. The maximum absolute atomic E-state index is 4.98. The number of rotatable bonds is 16. The van der Waals surface area contributed by atoms with Crippen LogP contribution in [0.1, 0.15) is 190 Å². The van der Waals surface area contributed by atoms with Crippen molar-refractivity contribution in [2.45, 2.75) is 197 Å². The molecule has 3 aromatic heterocycles. The largest absolute Gasteiger partial charge is 0.308 e. The highest BCUT2D eigenvalue weighted by Gasteiger charge is 2.34. The third-order valence-electron chi connectivity index (χ3n) is 27.4. The molecule has 2 saturated carbocycles. The molecule has 2 fully saturated rings. The molecule has 23 rings (SSSR count). The Labute approximate surface area is 836 Å². The molecule has 5 aliphatic rings. The second-order valence-corrected chi connectivity index (χ2v) is 43.1. The van der Waals surface area contributed by atoms with Crippen LogP contribution in [0.4, 0.5) is 51.2 Å². The van der Waals surface area contributed by atoms with Gasteiger partial charge in [-0.15, -0.1) is 0 Å². The molecule has 0 atom stereocenters. The van der Waals surface area contributed by atoms with Crippen LogP contribution in [0.25, 0.3) is 102 Å². The average molecular weight is 1880 g/mol. The van der Waals surface area contributed by atoms with Gasteiger partial charge in [0, 0.05) is 96.5 Å². The summed E-state index contributed by atoms with van der Waals surface area (Å²) < 4.78 is 0. The van der Waals surface area contributed by atoms with E-state index in [0.717, 1.165) is 67.1 Å². The minimum atomic E-state index is 0.0668. The fourth-order valence-electron chi connectivity index (χ4n) is 19.5. The van der Waals surface area contributed by atoms with Gasteiger partial charge in [0.2, 0.25) is 0 Å². The lowest BCUT2D eigenvalue weighted by molar-refractivity contribution is 0.443. The third kappa shape index (κ3) is 20.0. The molecule has 692 valence electrons. The van der Waals surface area contributed by atoms with Crippen LogP contribution in [0.3, 0.4) is 0 Å². The Bertz CT molecular complexity index is 7110. The lowest BCUT2D eigenvalue weighted by atomic mass is 9.84. The van der Waals surface area contributed by atoms with E-state index in [1.165, 1.54) is 161 Å². The molecular formula is C125H114N12S3. The van der Waals surface area contributed by atoms with Crippen LogP contribution in [0.5, 0.6) is 0 Å². The van der Waals surface area contributed by atoms with E-state index in [9.17, 15) is 0 Å². The van der Waals surface area contributed by atoms with Crippen molar-refractivity contribution < 1.29 is 0 Å². The van der Waals surface area contributed by atoms with E-state index in [0.29, 0.717) is 76.1 Å². The van der Waals surface area contributed by atoms with E-state index in [4.69, 9.17) is 44.9 Å². The molecule has 0 unspecified atom stereocenters. The monoisotopic (exact) mass is 1880 g/mol. The van der Waals surface area contributed by atoms with E-state index < -0.39 is 0 Å². The molecular weight excluding hydrogens is 1770 g/mol. The van der Waals surface area contributed by atoms with Crippen LogP contribution >= 0.6 is 35.3 Å². The Morgan fingerprint density at radius 1 is 0.221 bits per heavy atom. The predicted molar refractivity (Wildman–Crippen MR) is 582 cm³/mol. The number of aromatic nitrogens is 9. The highest BCUT2D eigenvalue weighted by Crippen LogP contribution is 2.58. The Morgan fingerprint density at radius 2 is 0.429 bits per heavy atom. The van der Waals surface area contributed by atoms with Crippen molar-refractivity contribution in [1.29, 1.82) is 0 Å². The van der Waals surface area contributed by atoms with Crippen LogP contribution < -0.4 is 14.7 Å². The molecule has 0 spiro atoms. The summed E-state index contributed by atoms with van der Waals surface area (Å²) in [5.74, 6) is 8.29. The summed E-state index contributed by atoms with van der Waals surface area (Å²) >= 11 is 5.71. The van der Waals surface area contributed by atoms with Gasteiger partial charge in [-0.2, -0.15) is 0 Å². The molecule has 0 amide bonds. The maximum Gasteiger partial charge on any atom is 0.164 e. The quantitative estimate of drug-likeness (QED) is 0.0910. The van der Waals surface area contributed by atoms with Gasteiger partial charge in [-0.1, -0.05) is 361 Å². The van der Waals surface area contributed by atoms with E-state index in [-0.39, 0.29) is 10.8 Å². The van der Waals surface area contributed by atoms with Crippen LogP contribution in [0.2, 0.25) is 0 Å². The molecule has 0 N–H and O–H groups in total. The second kappa shape index (κ2) is 40.3. The fourth-order valence-corrected chi connectivity index (χ4v) is 22.9. The van der Waals surface area contributed by atoms with Crippen LogP contribution in [-0.4, -0.2) is 44.9 Å². The predicted octanol–water partition coefficient (Wildman–Crippen LogP) is 35.4. The molecule has 6 heterocycles. The zero-order chi connectivity index (χ0) is 95.5. The van der Waals surface area contributed by atoms with Crippen molar-refractivity contribution in [2.24, 2.45) is 0 Å².